The summed E-state index contributed by atoms with van der Waals surface area (Å²) in [5, 5.41) is 3.33. The minimum Gasteiger partial charge on any atom is -0.338 e. The molecular weight excluding hydrogens is 220 g/mol. The topological polar surface area (TPSA) is 32.3 Å². The number of rotatable bonds is 6. The molecule has 2 unspecified atom stereocenters. The minimum atomic E-state index is 0.0501. The summed E-state index contributed by atoms with van der Waals surface area (Å²) in [5.74, 6) is 2.47. The summed E-state index contributed by atoms with van der Waals surface area (Å²) in [7, 11) is 0. The zero-order valence-corrected chi connectivity index (χ0v) is 11.6. The van der Waals surface area contributed by atoms with Gasteiger partial charge in [0.1, 0.15) is 0 Å². The van der Waals surface area contributed by atoms with E-state index in [1.165, 1.54) is 0 Å². The molecule has 0 spiro atoms. The first kappa shape index (κ1) is 13.8. The van der Waals surface area contributed by atoms with E-state index in [-0.39, 0.29) is 11.9 Å². The number of hydrogen-bond acceptors (Lipinski definition) is 3. The van der Waals surface area contributed by atoms with Crippen molar-refractivity contribution >= 4 is 17.7 Å². The van der Waals surface area contributed by atoms with E-state index in [0.29, 0.717) is 12.1 Å². The second kappa shape index (κ2) is 6.50. The van der Waals surface area contributed by atoms with Gasteiger partial charge in [0.2, 0.25) is 5.91 Å². The predicted molar refractivity (Wildman–Crippen MR) is 70.9 cm³/mol. The zero-order chi connectivity index (χ0) is 12.1. The van der Waals surface area contributed by atoms with Crippen LogP contribution in [-0.2, 0) is 4.79 Å². The molecule has 1 fully saturated rings. The van der Waals surface area contributed by atoms with Gasteiger partial charge in [-0.05, 0) is 19.1 Å². The fourth-order valence-corrected chi connectivity index (χ4v) is 2.83. The van der Waals surface area contributed by atoms with Crippen LogP contribution in [0.1, 0.15) is 34.1 Å². The van der Waals surface area contributed by atoms with E-state index in [9.17, 15) is 4.79 Å². The average Bonchev–Trinajstić information content (AvgIpc) is 2.56. The van der Waals surface area contributed by atoms with E-state index in [0.717, 1.165) is 24.5 Å². The number of thioether (sulfide) groups is 1. The maximum Gasteiger partial charge on any atom is 0.240 e. The molecule has 1 amide bonds. The molecule has 1 aliphatic heterocycles. The predicted octanol–water partition coefficient (Wildman–Crippen LogP) is 1.73. The van der Waals surface area contributed by atoms with Crippen molar-refractivity contribution in [1.29, 1.82) is 0 Å². The minimum absolute atomic E-state index is 0.0501. The van der Waals surface area contributed by atoms with Gasteiger partial charge in [-0.15, -0.1) is 0 Å². The lowest BCUT2D eigenvalue weighted by molar-refractivity contribution is -0.130. The second-order valence-electron chi connectivity index (χ2n) is 4.70. The summed E-state index contributed by atoms with van der Waals surface area (Å²) in [6.45, 7) is 9.40. The average molecular weight is 244 g/mol. The van der Waals surface area contributed by atoms with Gasteiger partial charge in [0.05, 0.1) is 6.04 Å². The number of nitrogens with one attached hydrogen (secondary N) is 1. The highest BCUT2D eigenvalue weighted by molar-refractivity contribution is 7.99. The molecule has 1 N–H and O–H groups in total. The molecule has 0 saturated carbocycles. The number of carbonyl (C=O) groups excluding carboxylic acids is 1. The fourth-order valence-electron chi connectivity index (χ4n) is 2.07. The quantitative estimate of drug-likeness (QED) is 0.772. The number of nitrogens with zero attached hydrogens (tertiary/aromatic N) is 1. The van der Waals surface area contributed by atoms with Gasteiger partial charge in [-0.2, -0.15) is 11.8 Å². The lowest BCUT2D eigenvalue weighted by atomic mass is 10.2. The van der Waals surface area contributed by atoms with Crippen LogP contribution >= 0.6 is 11.8 Å². The van der Waals surface area contributed by atoms with Gasteiger partial charge in [0.25, 0.3) is 0 Å². The molecule has 3 nitrogen and oxygen atoms in total. The van der Waals surface area contributed by atoms with Gasteiger partial charge in [-0.3, -0.25) is 4.79 Å². The summed E-state index contributed by atoms with van der Waals surface area (Å²) in [4.78, 5) is 14.1. The van der Waals surface area contributed by atoms with Crippen LogP contribution < -0.4 is 5.32 Å². The number of amides is 1. The van der Waals surface area contributed by atoms with E-state index in [2.05, 4.69) is 33.0 Å². The largest absolute Gasteiger partial charge is 0.338 e. The second-order valence-corrected chi connectivity index (χ2v) is 6.02. The highest BCUT2D eigenvalue weighted by Crippen LogP contribution is 2.17. The van der Waals surface area contributed by atoms with Crippen molar-refractivity contribution < 1.29 is 4.79 Å². The Morgan fingerprint density at radius 1 is 1.50 bits per heavy atom. The molecule has 0 aromatic carbocycles. The Bertz CT molecular complexity index is 233. The Hall–Kier alpha value is -0.220. The lowest BCUT2D eigenvalue weighted by Crippen LogP contribution is -2.44. The highest BCUT2D eigenvalue weighted by Gasteiger charge is 2.34. The van der Waals surface area contributed by atoms with Gasteiger partial charge in [0.15, 0.2) is 0 Å². The SMILES string of the molecule is CCSCC(C)N1CCC(NC(C)C)C1=O. The molecule has 4 heteroatoms. The Morgan fingerprint density at radius 3 is 2.75 bits per heavy atom. The molecule has 1 rings (SSSR count). The van der Waals surface area contributed by atoms with Crippen LogP contribution in [0.25, 0.3) is 0 Å². The van der Waals surface area contributed by atoms with Crippen LogP contribution in [0, 0.1) is 0 Å². The van der Waals surface area contributed by atoms with E-state index in [4.69, 9.17) is 0 Å². The van der Waals surface area contributed by atoms with Crippen molar-refractivity contribution in [2.75, 3.05) is 18.1 Å². The van der Waals surface area contributed by atoms with Gasteiger partial charge < -0.3 is 10.2 Å². The number of likely N-dealkylation sites (tertiary alicyclic amines) is 1. The summed E-state index contributed by atoms with van der Waals surface area (Å²) >= 11 is 1.91. The van der Waals surface area contributed by atoms with Crippen LogP contribution in [0.2, 0.25) is 0 Å². The molecule has 16 heavy (non-hydrogen) atoms. The molecule has 1 heterocycles. The summed E-state index contributed by atoms with van der Waals surface area (Å²) in [6, 6.07) is 0.805. The third kappa shape index (κ3) is 3.67. The van der Waals surface area contributed by atoms with E-state index in [1.807, 2.05) is 16.7 Å². The Morgan fingerprint density at radius 2 is 2.19 bits per heavy atom. The molecule has 0 aromatic heterocycles. The Kier molecular flexibility index (Phi) is 5.62. The molecule has 0 aliphatic carbocycles. The third-order valence-corrected chi connectivity index (χ3v) is 4.00. The van der Waals surface area contributed by atoms with Gasteiger partial charge in [-0.1, -0.05) is 20.8 Å². The van der Waals surface area contributed by atoms with Crippen LogP contribution in [0.15, 0.2) is 0 Å². The fraction of sp³-hybridized carbons (Fsp3) is 0.917. The zero-order valence-electron chi connectivity index (χ0n) is 10.8. The maximum absolute atomic E-state index is 12.1. The molecule has 2 atom stereocenters. The lowest BCUT2D eigenvalue weighted by Gasteiger charge is -2.25. The smallest absolute Gasteiger partial charge is 0.240 e. The molecule has 0 aromatic rings. The normalized spacial score (nSPS) is 23.2. The van der Waals surface area contributed by atoms with Crippen molar-refractivity contribution in [2.24, 2.45) is 0 Å². The monoisotopic (exact) mass is 244 g/mol. The van der Waals surface area contributed by atoms with Crippen LogP contribution in [0.5, 0.6) is 0 Å². The van der Waals surface area contributed by atoms with Gasteiger partial charge in [-0.25, -0.2) is 0 Å². The molecule has 94 valence electrons. The van der Waals surface area contributed by atoms with Crippen molar-refractivity contribution in [1.82, 2.24) is 10.2 Å². The van der Waals surface area contributed by atoms with Crippen LogP contribution in [0.4, 0.5) is 0 Å². The summed E-state index contributed by atoms with van der Waals surface area (Å²) < 4.78 is 0. The molecule has 0 bridgehead atoms. The Labute approximate surface area is 103 Å². The summed E-state index contributed by atoms with van der Waals surface area (Å²) in [6.07, 6.45) is 0.956. The first-order valence-corrected chi connectivity index (χ1v) is 7.36. The van der Waals surface area contributed by atoms with Crippen molar-refractivity contribution in [3.8, 4) is 0 Å². The first-order chi connectivity index (χ1) is 7.56. The molecule has 1 aliphatic rings. The molecule has 0 radical (unpaired) electrons. The van der Waals surface area contributed by atoms with Crippen LogP contribution in [0.3, 0.4) is 0 Å². The van der Waals surface area contributed by atoms with E-state index >= 15 is 0 Å². The number of carbonyl (C=O) groups is 1. The van der Waals surface area contributed by atoms with Crippen molar-refractivity contribution in [2.45, 2.75) is 52.2 Å². The van der Waals surface area contributed by atoms with Crippen molar-refractivity contribution in [3.05, 3.63) is 0 Å². The van der Waals surface area contributed by atoms with Crippen LogP contribution in [-0.4, -0.2) is 47.0 Å². The first-order valence-electron chi connectivity index (χ1n) is 6.20. The molecule has 1 saturated heterocycles. The van der Waals surface area contributed by atoms with E-state index in [1.54, 1.807) is 0 Å². The standard InChI is InChI=1S/C12H24N2OS/c1-5-16-8-10(4)14-7-6-11(12(14)15)13-9(2)3/h9-11,13H,5-8H2,1-4H3. The summed E-state index contributed by atoms with van der Waals surface area (Å²) in [5.41, 5.74) is 0. The molecular formula is C12H24N2OS. The van der Waals surface area contributed by atoms with E-state index < -0.39 is 0 Å². The maximum atomic E-state index is 12.1. The Balaban J connectivity index is 2.43. The third-order valence-electron chi connectivity index (χ3n) is 2.87. The highest BCUT2D eigenvalue weighted by atomic mass is 32.2. The number of hydrogen-bond donors (Lipinski definition) is 1. The van der Waals surface area contributed by atoms with Crippen molar-refractivity contribution in [3.63, 3.8) is 0 Å². The van der Waals surface area contributed by atoms with Gasteiger partial charge >= 0.3 is 0 Å². The van der Waals surface area contributed by atoms with Gasteiger partial charge in [0, 0.05) is 24.4 Å².